The third-order valence-corrected chi connectivity index (χ3v) is 15.3. The zero-order chi connectivity index (χ0) is 54.6. The molecule has 0 saturated carbocycles. The molecule has 15 nitrogen and oxygen atoms in total. The van der Waals surface area contributed by atoms with Gasteiger partial charge in [-0.15, -0.1) is 0 Å². The molecule has 75 heavy (non-hydrogen) atoms. The maximum Gasteiger partial charge on any atom is 0.306 e. The largest absolute Gasteiger partial charge is 0.462 e. The van der Waals surface area contributed by atoms with Gasteiger partial charge < -0.3 is 64.2 Å². The quantitative estimate of drug-likeness (QED) is 0.0222. The maximum absolute atomic E-state index is 13.1. The van der Waals surface area contributed by atoms with Crippen molar-refractivity contribution < 1.29 is 73.8 Å². The Kier molecular flexibility index (Phi) is 43.9. The summed E-state index contributed by atoms with van der Waals surface area (Å²) in [7, 11) is 0. The van der Waals surface area contributed by atoms with Crippen LogP contribution in [0.2, 0.25) is 0 Å². The minimum absolute atomic E-state index is 0.174. The summed E-state index contributed by atoms with van der Waals surface area (Å²) in [5.74, 6) is -0.901. The molecule has 11 atom stereocenters. The number of rotatable bonds is 51. The molecule has 15 heteroatoms. The van der Waals surface area contributed by atoms with E-state index in [1.54, 1.807) is 0 Å². The van der Waals surface area contributed by atoms with E-state index >= 15 is 0 Å². The van der Waals surface area contributed by atoms with Crippen molar-refractivity contribution in [2.75, 3.05) is 26.4 Å². The molecule has 0 aromatic heterocycles. The topological polar surface area (TPSA) is 231 Å². The molecule has 4 unspecified atom stereocenters. The van der Waals surface area contributed by atoms with E-state index in [1.807, 2.05) is 0 Å². The van der Waals surface area contributed by atoms with Crippen LogP contribution in [0.3, 0.4) is 0 Å². The highest BCUT2D eigenvalue weighted by Crippen LogP contribution is 2.27. The summed E-state index contributed by atoms with van der Waals surface area (Å²) >= 11 is 0. The fraction of sp³-hybridized carbons (Fsp3) is 0.967. The van der Waals surface area contributed by atoms with Crippen LogP contribution in [0.1, 0.15) is 277 Å². The summed E-state index contributed by atoms with van der Waals surface area (Å²) in [6.07, 6.45) is 32.6. The van der Waals surface area contributed by atoms with Gasteiger partial charge in [-0.2, -0.15) is 0 Å². The lowest BCUT2D eigenvalue weighted by Crippen LogP contribution is -2.61. The number of aliphatic hydroxyl groups excluding tert-OH is 7. The van der Waals surface area contributed by atoms with E-state index in [0.29, 0.717) is 12.8 Å². The van der Waals surface area contributed by atoms with Gasteiger partial charge in [-0.25, -0.2) is 0 Å². The van der Waals surface area contributed by atoms with E-state index in [0.717, 1.165) is 38.5 Å². The first-order valence-electron chi connectivity index (χ1n) is 31.1. The van der Waals surface area contributed by atoms with Crippen molar-refractivity contribution in [3.63, 3.8) is 0 Å². The maximum atomic E-state index is 13.1. The average molecular weight is 1080 g/mol. The smallest absolute Gasteiger partial charge is 0.306 e. The molecule has 2 heterocycles. The molecule has 0 aromatic rings. The molecule has 0 amide bonds. The van der Waals surface area contributed by atoms with E-state index in [1.165, 1.54) is 199 Å². The van der Waals surface area contributed by atoms with Crippen LogP contribution >= 0.6 is 0 Å². The minimum atomic E-state index is -1.76. The van der Waals surface area contributed by atoms with Gasteiger partial charge >= 0.3 is 11.9 Å². The molecule has 0 aromatic carbocycles. The monoisotopic (exact) mass is 1070 g/mol. The molecule has 2 saturated heterocycles. The van der Waals surface area contributed by atoms with Gasteiger partial charge in [-0.05, 0) is 12.8 Å². The van der Waals surface area contributed by atoms with Crippen LogP contribution in [-0.2, 0) is 38.0 Å². The number of carbonyl (C=O) groups excluding carboxylic acids is 2. The number of hydrogen-bond acceptors (Lipinski definition) is 15. The summed E-state index contributed by atoms with van der Waals surface area (Å²) in [6.45, 7) is 2.67. The molecule has 2 aliphatic rings. The van der Waals surface area contributed by atoms with E-state index < -0.39 is 92.7 Å². The second-order valence-corrected chi connectivity index (χ2v) is 22.3. The van der Waals surface area contributed by atoms with Crippen LogP contribution in [-0.4, -0.2) is 142 Å². The molecule has 2 aliphatic heterocycles. The number of aliphatic hydroxyl groups is 7. The second kappa shape index (κ2) is 47.3. The first-order valence-corrected chi connectivity index (χ1v) is 31.1. The fourth-order valence-corrected chi connectivity index (χ4v) is 10.3. The van der Waals surface area contributed by atoms with Crippen LogP contribution in [0, 0.1) is 0 Å². The van der Waals surface area contributed by atoms with Crippen molar-refractivity contribution in [3.8, 4) is 0 Å². The molecule has 0 aliphatic carbocycles. The normalized spacial score (nSPS) is 24.4. The van der Waals surface area contributed by atoms with Gasteiger partial charge in [-0.3, -0.25) is 9.59 Å². The SMILES string of the molecule is CCCCCCCCCCCCCCCCCCCCCCCC(=O)O[C@H](COC(=O)CCCCCCCCCCCCCCCCCCCC)CO[C@H]1O[C@@H](CO[C@H]2O[C@@H](CO)[C@@H](O)C(O)C2O)[C@@H](O)C(O)C1O. The Hall–Kier alpha value is -1.50. The Labute approximate surface area is 455 Å². The minimum Gasteiger partial charge on any atom is -0.462 e. The fourth-order valence-electron chi connectivity index (χ4n) is 10.3. The molecular formula is C60H114O15. The Morgan fingerprint density at radius 3 is 1.04 bits per heavy atom. The van der Waals surface area contributed by atoms with Gasteiger partial charge in [0, 0.05) is 12.8 Å². The Balaban J connectivity index is 1.71. The highest BCUT2D eigenvalue weighted by molar-refractivity contribution is 5.70. The van der Waals surface area contributed by atoms with Crippen LogP contribution in [0.5, 0.6) is 0 Å². The van der Waals surface area contributed by atoms with Crippen LogP contribution in [0.25, 0.3) is 0 Å². The number of ether oxygens (including phenoxy) is 6. The Morgan fingerprint density at radius 2 is 0.680 bits per heavy atom. The van der Waals surface area contributed by atoms with Gasteiger partial charge in [0.05, 0.1) is 19.8 Å². The van der Waals surface area contributed by atoms with Crippen molar-refractivity contribution in [2.45, 2.75) is 345 Å². The van der Waals surface area contributed by atoms with Crippen molar-refractivity contribution in [1.82, 2.24) is 0 Å². The van der Waals surface area contributed by atoms with E-state index in [-0.39, 0.29) is 26.1 Å². The van der Waals surface area contributed by atoms with Crippen LogP contribution in [0.4, 0.5) is 0 Å². The molecule has 2 rings (SSSR count). The van der Waals surface area contributed by atoms with Gasteiger partial charge in [0.2, 0.25) is 0 Å². The first kappa shape index (κ1) is 69.6. The molecule has 0 spiro atoms. The summed E-state index contributed by atoms with van der Waals surface area (Å²) < 4.78 is 33.8. The van der Waals surface area contributed by atoms with Gasteiger partial charge in [0.15, 0.2) is 18.7 Å². The summed E-state index contributed by atoms with van der Waals surface area (Å²) in [4.78, 5) is 25.9. The predicted molar refractivity (Wildman–Crippen MR) is 294 cm³/mol. The number of carbonyl (C=O) groups is 2. The lowest BCUT2D eigenvalue weighted by atomic mass is 9.98. The standard InChI is InChI=1S/C60H114O15/c1-3-5-7-9-11-13-15-17-19-21-23-24-25-27-29-31-33-35-37-39-41-43-52(63)73-48(45-70-51(62)42-40-38-36-34-32-30-28-26-22-20-18-16-14-12-10-8-6-4-2)46-71-59-58(69)56(67)54(65)50(75-59)47-72-60-57(68)55(66)53(64)49(44-61)74-60/h48-50,53-61,64-69H,3-47H2,1-2H3/t48-,49+,50+,53-,54-,55?,56?,57?,58?,59+,60+/m1/s1. The average Bonchev–Trinajstić information content (AvgIpc) is 3.40. The Morgan fingerprint density at radius 1 is 0.373 bits per heavy atom. The summed E-state index contributed by atoms with van der Waals surface area (Å²) in [6, 6.07) is 0. The van der Waals surface area contributed by atoms with Gasteiger partial charge in [0.1, 0.15) is 55.4 Å². The number of unbranched alkanes of at least 4 members (excludes halogenated alkanes) is 37. The summed E-state index contributed by atoms with van der Waals surface area (Å²) in [5, 5.41) is 72.4. The first-order chi connectivity index (χ1) is 36.5. The molecule has 444 valence electrons. The van der Waals surface area contributed by atoms with Crippen LogP contribution < -0.4 is 0 Å². The number of hydrogen-bond donors (Lipinski definition) is 7. The third kappa shape index (κ3) is 34.3. The lowest BCUT2D eigenvalue weighted by molar-refractivity contribution is -0.332. The van der Waals surface area contributed by atoms with Crippen molar-refractivity contribution in [2.24, 2.45) is 0 Å². The number of esters is 2. The third-order valence-electron chi connectivity index (χ3n) is 15.3. The second-order valence-electron chi connectivity index (χ2n) is 22.3. The van der Waals surface area contributed by atoms with Crippen molar-refractivity contribution >= 4 is 11.9 Å². The highest BCUT2D eigenvalue weighted by Gasteiger charge is 2.47. The molecule has 2 fully saturated rings. The summed E-state index contributed by atoms with van der Waals surface area (Å²) in [5.41, 5.74) is 0. The predicted octanol–water partition coefficient (Wildman–Crippen LogP) is 11.1. The van der Waals surface area contributed by atoms with Gasteiger partial charge in [0.25, 0.3) is 0 Å². The molecule has 0 bridgehead atoms. The van der Waals surface area contributed by atoms with Crippen molar-refractivity contribution in [3.05, 3.63) is 0 Å². The van der Waals surface area contributed by atoms with Crippen molar-refractivity contribution in [1.29, 1.82) is 0 Å². The van der Waals surface area contributed by atoms with Gasteiger partial charge in [-0.1, -0.05) is 251 Å². The zero-order valence-corrected chi connectivity index (χ0v) is 47.6. The molecule has 7 N–H and O–H groups in total. The van der Waals surface area contributed by atoms with E-state index in [9.17, 15) is 45.3 Å². The molecular weight excluding hydrogens is 961 g/mol. The molecule has 0 radical (unpaired) electrons. The highest BCUT2D eigenvalue weighted by atomic mass is 16.7. The van der Waals surface area contributed by atoms with E-state index in [2.05, 4.69) is 13.8 Å². The zero-order valence-electron chi connectivity index (χ0n) is 47.6. The Bertz CT molecular complexity index is 1310. The van der Waals surface area contributed by atoms with E-state index in [4.69, 9.17) is 28.4 Å². The lowest BCUT2D eigenvalue weighted by Gasteiger charge is -2.42. The van der Waals surface area contributed by atoms with Crippen LogP contribution in [0.15, 0.2) is 0 Å².